The van der Waals surface area contributed by atoms with Gasteiger partial charge >= 0.3 is 0 Å². The number of rotatable bonds is 9. The van der Waals surface area contributed by atoms with Gasteiger partial charge in [-0.25, -0.2) is 13.4 Å². The summed E-state index contributed by atoms with van der Waals surface area (Å²) in [5, 5.41) is 10.5. The predicted molar refractivity (Wildman–Crippen MR) is 119 cm³/mol. The number of ketones is 1. The number of nitrogens with one attached hydrogen (secondary N) is 2. The summed E-state index contributed by atoms with van der Waals surface area (Å²) in [6.45, 7) is 0.910. The predicted octanol–water partition coefficient (Wildman–Crippen LogP) is 2.91. The van der Waals surface area contributed by atoms with Gasteiger partial charge in [-0.15, -0.1) is 0 Å². The van der Waals surface area contributed by atoms with E-state index >= 15 is 0 Å². The van der Waals surface area contributed by atoms with Gasteiger partial charge in [0.15, 0.2) is 11.4 Å². The van der Waals surface area contributed by atoms with Gasteiger partial charge in [0.05, 0.1) is 29.1 Å². The maximum Gasteiger partial charge on any atom is 0.206 e. The molecule has 0 radical (unpaired) electrons. The molecule has 0 aliphatic carbocycles. The normalized spacial score (nSPS) is 11.7. The second-order valence-electron chi connectivity index (χ2n) is 7.29. The smallest absolute Gasteiger partial charge is 0.206 e. The van der Waals surface area contributed by atoms with Gasteiger partial charge in [-0.05, 0) is 41.5 Å². The second-order valence-corrected chi connectivity index (χ2v) is 9.24. The Balaban J connectivity index is 1.38. The van der Waals surface area contributed by atoms with Crippen molar-refractivity contribution in [2.75, 3.05) is 13.7 Å². The lowest BCUT2D eigenvalue weighted by molar-refractivity contribution is 0.0990. The maximum absolute atomic E-state index is 12.9. The molecule has 0 saturated heterocycles. The number of methoxy groups -OCH3 is 1. The molecule has 0 aliphatic rings. The van der Waals surface area contributed by atoms with Gasteiger partial charge in [0.25, 0.3) is 0 Å². The monoisotopic (exact) mass is 450 g/mol. The molecular weight excluding hydrogens is 428 g/mol. The Morgan fingerprint density at radius 2 is 1.84 bits per heavy atom. The van der Waals surface area contributed by atoms with Crippen LogP contribution in [0.1, 0.15) is 21.5 Å². The van der Waals surface area contributed by atoms with Crippen molar-refractivity contribution in [2.24, 2.45) is 0 Å². The Labute approximate surface area is 185 Å². The molecule has 2 aromatic heterocycles. The van der Waals surface area contributed by atoms with Gasteiger partial charge in [-0.1, -0.05) is 24.3 Å². The lowest BCUT2D eigenvalue weighted by atomic mass is 10.1. The van der Waals surface area contributed by atoms with E-state index in [4.69, 9.17) is 4.74 Å². The van der Waals surface area contributed by atoms with Gasteiger partial charge in [0.1, 0.15) is 0 Å². The van der Waals surface area contributed by atoms with Gasteiger partial charge in [-0.3, -0.25) is 9.89 Å². The molecule has 2 aromatic carbocycles. The number of sulfone groups is 1. The van der Waals surface area contributed by atoms with E-state index in [-0.39, 0.29) is 22.1 Å². The molecule has 164 valence electrons. The molecule has 0 amide bonds. The Kier molecular flexibility index (Phi) is 6.40. The summed E-state index contributed by atoms with van der Waals surface area (Å²) < 4.78 is 30.9. The molecule has 4 rings (SSSR count). The Morgan fingerprint density at radius 3 is 2.62 bits per heavy atom. The number of fused-ring (bicyclic) bond motifs is 1. The number of hydrogen-bond donors (Lipinski definition) is 2. The number of aromatic amines is 1. The fourth-order valence-corrected chi connectivity index (χ4v) is 4.63. The van der Waals surface area contributed by atoms with Crippen LogP contribution < -0.4 is 5.32 Å². The van der Waals surface area contributed by atoms with Gasteiger partial charge < -0.3 is 10.1 Å². The first kappa shape index (κ1) is 21.8. The van der Waals surface area contributed by atoms with Crippen molar-refractivity contribution in [1.29, 1.82) is 0 Å². The minimum Gasteiger partial charge on any atom is -0.380 e. The molecule has 0 saturated carbocycles. The van der Waals surface area contributed by atoms with Crippen molar-refractivity contribution in [3.05, 3.63) is 83.7 Å². The topological polar surface area (TPSA) is 114 Å². The summed E-state index contributed by atoms with van der Waals surface area (Å²) in [7, 11) is -2.06. The molecule has 8 nitrogen and oxygen atoms in total. The van der Waals surface area contributed by atoms with E-state index in [9.17, 15) is 13.2 Å². The summed E-state index contributed by atoms with van der Waals surface area (Å²) in [5.74, 6) is -0.0873. The molecule has 0 spiro atoms. The highest BCUT2D eigenvalue weighted by molar-refractivity contribution is 7.91. The standard InChI is InChI=1S/C23H22N4O4S/c1-31-15-17-3-2-4-21(9-17)32(29,30)20-7-5-16(6-8-20)11-24-14-22(28)18-10-19-13-26-27-23(19)25-12-18/h2-10,12-13,24H,11,14-15H2,1H3,(H,25,26,27). The van der Waals surface area contributed by atoms with Crippen LogP contribution in [-0.2, 0) is 27.7 Å². The molecule has 4 aromatic rings. The fraction of sp³-hybridized carbons (Fsp3) is 0.174. The Hall–Kier alpha value is -3.40. The SMILES string of the molecule is COCc1cccc(S(=O)(=O)c2ccc(CNCC(=O)c3cnc4[nH]ncc4c3)cc2)c1. The maximum atomic E-state index is 12.9. The van der Waals surface area contributed by atoms with Crippen molar-refractivity contribution in [1.82, 2.24) is 20.5 Å². The molecular formula is C23H22N4O4S. The zero-order valence-electron chi connectivity index (χ0n) is 17.4. The summed E-state index contributed by atoms with van der Waals surface area (Å²) in [6.07, 6.45) is 3.14. The number of carbonyl (C=O) groups is 1. The van der Waals surface area contributed by atoms with Crippen molar-refractivity contribution in [3.63, 3.8) is 0 Å². The lowest BCUT2D eigenvalue weighted by Crippen LogP contribution is -2.22. The molecule has 0 bridgehead atoms. The summed E-state index contributed by atoms with van der Waals surface area (Å²) in [6, 6.07) is 15.1. The molecule has 0 atom stereocenters. The van der Waals surface area contributed by atoms with E-state index in [1.54, 1.807) is 61.8 Å². The van der Waals surface area contributed by atoms with E-state index in [2.05, 4.69) is 20.5 Å². The van der Waals surface area contributed by atoms with Crippen LogP contribution in [0.25, 0.3) is 11.0 Å². The number of pyridine rings is 1. The van der Waals surface area contributed by atoms with E-state index in [0.29, 0.717) is 24.4 Å². The molecule has 2 heterocycles. The first-order valence-electron chi connectivity index (χ1n) is 9.92. The van der Waals surface area contributed by atoms with Crippen molar-refractivity contribution in [3.8, 4) is 0 Å². The molecule has 2 N–H and O–H groups in total. The van der Waals surface area contributed by atoms with E-state index in [1.807, 2.05) is 6.07 Å². The second kappa shape index (κ2) is 9.39. The van der Waals surface area contributed by atoms with Gasteiger partial charge in [-0.2, -0.15) is 5.10 Å². The van der Waals surface area contributed by atoms with Crippen LogP contribution in [0.15, 0.2) is 76.8 Å². The third-order valence-corrected chi connectivity index (χ3v) is 6.75. The minimum absolute atomic E-state index is 0.0873. The van der Waals surface area contributed by atoms with E-state index in [0.717, 1.165) is 16.5 Å². The molecule has 32 heavy (non-hydrogen) atoms. The van der Waals surface area contributed by atoms with Crippen LogP contribution in [0.4, 0.5) is 0 Å². The quantitative estimate of drug-likeness (QED) is 0.377. The third kappa shape index (κ3) is 4.75. The first-order chi connectivity index (χ1) is 15.5. The zero-order chi connectivity index (χ0) is 22.6. The molecule has 0 unspecified atom stereocenters. The average Bonchev–Trinajstić information content (AvgIpc) is 3.28. The number of hydrogen-bond acceptors (Lipinski definition) is 7. The van der Waals surface area contributed by atoms with E-state index < -0.39 is 9.84 Å². The van der Waals surface area contributed by atoms with Crippen LogP contribution >= 0.6 is 0 Å². The highest BCUT2D eigenvalue weighted by Gasteiger charge is 2.18. The first-order valence-corrected chi connectivity index (χ1v) is 11.4. The van der Waals surface area contributed by atoms with E-state index in [1.165, 1.54) is 6.20 Å². The number of Topliss-reactive ketones (excluding diaryl/α,β-unsaturated/α-hetero) is 1. The molecule has 9 heteroatoms. The molecule has 0 aliphatic heterocycles. The molecule has 0 fully saturated rings. The van der Waals surface area contributed by atoms with Crippen molar-refractivity contribution in [2.45, 2.75) is 22.9 Å². The summed E-state index contributed by atoms with van der Waals surface area (Å²) >= 11 is 0. The van der Waals surface area contributed by atoms with Gasteiger partial charge in [0.2, 0.25) is 9.84 Å². The highest BCUT2D eigenvalue weighted by Crippen LogP contribution is 2.22. The number of benzene rings is 2. The number of H-pyrrole nitrogens is 1. The lowest BCUT2D eigenvalue weighted by Gasteiger charge is -2.09. The zero-order valence-corrected chi connectivity index (χ0v) is 18.2. The Morgan fingerprint density at radius 1 is 1.03 bits per heavy atom. The van der Waals surface area contributed by atoms with Crippen LogP contribution in [0, 0.1) is 0 Å². The van der Waals surface area contributed by atoms with Crippen molar-refractivity contribution >= 4 is 26.7 Å². The Bertz CT molecular complexity index is 1350. The number of aromatic nitrogens is 3. The number of ether oxygens (including phenoxy) is 1. The number of nitrogens with zero attached hydrogens (tertiary/aromatic N) is 2. The summed E-state index contributed by atoms with van der Waals surface area (Å²) in [5.41, 5.74) is 2.80. The largest absolute Gasteiger partial charge is 0.380 e. The third-order valence-electron chi connectivity index (χ3n) is 4.98. The highest BCUT2D eigenvalue weighted by atomic mass is 32.2. The minimum atomic E-state index is -3.62. The van der Waals surface area contributed by atoms with Crippen LogP contribution in [0.5, 0.6) is 0 Å². The summed E-state index contributed by atoms with van der Waals surface area (Å²) in [4.78, 5) is 17.0. The van der Waals surface area contributed by atoms with Gasteiger partial charge in [0, 0.05) is 30.8 Å². The van der Waals surface area contributed by atoms with Crippen LogP contribution in [0.3, 0.4) is 0 Å². The fourth-order valence-electron chi connectivity index (χ4n) is 3.30. The van der Waals surface area contributed by atoms with Crippen LogP contribution in [-0.4, -0.2) is 43.0 Å². The number of carbonyl (C=O) groups excluding carboxylic acids is 1. The van der Waals surface area contributed by atoms with Crippen molar-refractivity contribution < 1.29 is 17.9 Å². The average molecular weight is 451 g/mol. The van der Waals surface area contributed by atoms with Crippen LogP contribution in [0.2, 0.25) is 0 Å².